The number of rotatable bonds is 7. The van der Waals surface area contributed by atoms with E-state index in [9.17, 15) is 4.79 Å². The highest BCUT2D eigenvalue weighted by Gasteiger charge is 2.07. The summed E-state index contributed by atoms with van der Waals surface area (Å²) in [7, 11) is 0. The van der Waals surface area contributed by atoms with E-state index in [4.69, 9.17) is 0 Å². The maximum atomic E-state index is 12.2. The summed E-state index contributed by atoms with van der Waals surface area (Å²) in [4.78, 5) is 20.7. The number of aryl methyl sites for hydroxylation is 3. The third-order valence-electron chi connectivity index (χ3n) is 4.16. The predicted octanol–water partition coefficient (Wildman–Crippen LogP) is 4.20. The van der Waals surface area contributed by atoms with Crippen molar-refractivity contribution in [2.75, 3.05) is 11.9 Å². The first-order valence-corrected chi connectivity index (χ1v) is 9.09. The van der Waals surface area contributed by atoms with Crippen molar-refractivity contribution in [3.05, 3.63) is 83.2 Å². The van der Waals surface area contributed by atoms with Crippen LogP contribution in [0, 0.1) is 13.8 Å². The third-order valence-corrected chi connectivity index (χ3v) is 4.16. The van der Waals surface area contributed by atoms with Gasteiger partial charge in [0.15, 0.2) is 0 Å². The molecule has 0 saturated carbocycles. The van der Waals surface area contributed by atoms with Crippen LogP contribution in [0.15, 0.2) is 60.9 Å². The topological polar surface area (TPSA) is 66.9 Å². The smallest absolute Gasteiger partial charge is 0.254 e. The minimum atomic E-state index is -0.152. The molecule has 0 aliphatic heterocycles. The van der Waals surface area contributed by atoms with Gasteiger partial charge in [-0.15, -0.1) is 0 Å². The molecule has 0 aliphatic rings. The quantitative estimate of drug-likeness (QED) is 0.620. The van der Waals surface area contributed by atoms with E-state index in [1.54, 1.807) is 12.4 Å². The summed E-state index contributed by atoms with van der Waals surface area (Å²) in [6, 6.07) is 16.4. The summed E-state index contributed by atoms with van der Waals surface area (Å²) >= 11 is 0. The molecule has 5 nitrogen and oxygen atoms in total. The van der Waals surface area contributed by atoms with Crippen LogP contribution >= 0.6 is 0 Å². The highest BCUT2D eigenvalue weighted by atomic mass is 16.1. The molecule has 0 unspecified atom stereocenters. The summed E-state index contributed by atoms with van der Waals surface area (Å²) in [5.74, 6) is 0.321. The Morgan fingerprint density at radius 2 is 1.63 bits per heavy atom. The molecular formula is C22H24N4O. The van der Waals surface area contributed by atoms with Crippen LogP contribution in [0.4, 0.5) is 11.6 Å². The summed E-state index contributed by atoms with van der Waals surface area (Å²) in [6.45, 7) is 4.71. The molecular weight excluding hydrogens is 336 g/mol. The Morgan fingerprint density at radius 1 is 0.963 bits per heavy atom. The van der Waals surface area contributed by atoms with Crippen LogP contribution in [0.2, 0.25) is 0 Å². The molecule has 27 heavy (non-hydrogen) atoms. The monoisotopic (exact) mass is 360 g/mol. The van der Waals surface area contributed by atoms with E-state index in [-0.39, 0.29) is 5.91 Å². The molecule has 0 saturated heterocycles. The van der Waals surface area contributed by atoms with E-state index in [0.717, 1.165) is 18.5 Å². The lowest BCUT2D eigenvalue weighted by Gasteiger charge is -2.08. The van der Waals surface area contributed by atoms with E-state index in [1.807, 2.05) is 44.2 Å². The van der Waals surface area contributed by atoms with E-state index >= 15 is 0 Å². The molecule has 0 atom stereocenters. The molecule has 138 valence electrons. The second-order valence-electron chi connectivity index (χ2n) is 6.64. The molecule has 0 radical (unpaired) electrons. The van der Waals surface area contributed by atoms with E-state index in [2.05, 4.69) is 38.8 Å². The lowest BCUT2D eigenvalue weighted by molar-refractivity contribution is 0.0952. The first kappa shape index (κ1) is 18.6. The van der Waals surface area contributed by atoms with Gasteiger partial charge in [-0.2, -0.15) is 0 Å². The SMILES string of the molecule is Cc1cc(C)cc(Nc2ncc(C(=O)NCCCc3ccccc3)cn2)c1. The van der Waals surface area contributed by atoms with Gasteiger partial charge in [0.25, 0.3) is 5.91 Å². The van der Waals surface area contributed by atoms with E-state index in [0.29, 0.717) is 18.1 Å². The van der Waals surface area contributed by atoms with Gasteiger partial charge >= 0.3 is 0 Å². The van der Waals surface area contributed by atoms with Crippen molar-refractivity contribution in [1.29, 1.82) is 0 Å². The summed E-state index contributed by atoms with van der Waals surface area (Å²) < 4.78 is 0. The van der Waals surface area contributed by atoms with Gasteiger partial charge < -0.3 is 10.6 Å². The van der Waals surface area contributed by atoms with Crippen LogP contribution < -0.4 is 10.6 Å². The first-order chi connectivity index (χ1) is 13.1. The lowest BCUT2D eigenvalue weighted by atomic mass is 10.1. The molecule has 2 aromatic carbocycles. The lowest BCUT2D eigenvalue weighted by Crippen LogP contribution is -2.25. The number of hydrogen-bond donors (Lipinski definition) is 2. The fourth-order valence-electron chi connectivity index (χ4n) is 2.93. The average Bonchev–Trinajstić information content (AvgIpc) is 2.66. The van der Waals surface area contributed by atoms with E-state index < -0.39 is 0 Å². The molecule has 0 bridgehead atoms. The number of nitrogens with one attached hydrogen (secondary N) is 2. The number of aromatic nitrogens is 2. The summed E-state index contributed by atoms with van der Waals surface area (Å²) in [6.07, 6.45) is 4.92. The van der Waals surface area contributed by atoms with Crippen molar-refractivity contribution >= 4 is 17.5 Å². The minimum absolute atomic E-state index is 0.152. The van der Waals surface area contributed by atoms with Gasteiger partial charge in [0.1, 0.15) is 0 Å². The average molecular weight is 360 g/mol. The largest absolute Gasteiger partial charge is 0.352 e. The third kappa shape index (κ3) is 5.64. The zero-order valence-electron chi connectivity index (χ0n) is 15.7. The van der Waals surface area contributed by atoms with Crippen molar-refractivity contribution < 1.29 is 4.79 Å². The fraction of sp³-hybridized carbons (Fsp3) is 0.227. The van der Waals surface area contributed by atoms with Crippen LogP contribution in [-0.2, 0) is 6.42 Å². The maximum absolute atomic E-state index is 12.2. The van der Waals surface area contributed by atoms with Gasteiger partial charge in [0.2, 0.25) is 5.95 Å². The van der Waals surface area contributed by atoms with Gasteiger partial charge in [-0.25, -0.2) is 9.97 Å². The van der Waals surface area contributed by atoms with Gasteiger partial charge in [0, 0.05) is 24.6 Å². The summed E-state index contributed by atoms with van der Waals surface area (Å²) in [5.41, 5.74) is 5.01. The molecule has 3 aromatic rings. The molecule has 1 heterocycles. The van der Waals surface area contributed by atoms with Crippen molar-refractivity contribution in [2.45, 2.75) is 26.7 Å². The number of anilines is 2. The van der Waals surface area contributed by atoms with Crippen molar-refractivity contribution in [3.8, 4) is 0 Å². The molecule has 2 N–H and O–H groups in total. The van der Waals surface area contributed by atoms with Gasteiger partial charge in [-0.1, -0.05) is 36.4 Å². The van der Waals surface area contributed by atoms with Crippen LogP contribution in [0.1, 0.15) is 33.5 Å². The Labute approximate surface area is 159 Å². The normalized spacial score (nSPS) is 10.4. The predicted molar refractivity (Wildman–Crippen MR) is 108 cm³/mol. The van der Waals surface area contributed by atoms with Crippen molar-refractivity contribution in [3.63, 3.8) is 0 Å². The standard InChI is InChI=1S/C22H24N4O/c1-16-11-17(2)13-20(12-16)26-22-24-14-19(15-25-22)21(27)23-10-6-9-18-7-4-3-5-8-18/h3-5,7-8,11-15H,6,9-10H2,1-2H3,(H,23,27)(H,24,25,26). The molecule has 3 rings (SSSR count). The van der Waals surface area contributed by atoms with Gasteiger partial charge in [-0.05, 0) is 55.5 Å². The van der Waals surface area contributed by atoms with Crippen LogP contribution in [0.5, 0.6) is 0 Å². The molecule has 0 spiro atoms. The van der Waals surface area contributed by atoms with Crippen LogP contribution in [0.25, 0.3) is 0 Å². The van der Waals surface area contributed by atoms with Gasteiger partial charge in [0.05, 0.1) is 5.56 Å². The number of benzene rings is 2. The molecule has 5 heteroatoms. The number of nitrogens with zero attached hydrogens (tertiary/aromatic N) is 2. The zero-order chi connectivity index (χ0) is 19.1. The van der Waals surface area contributed by atoms with Gasteiger partial charge in [-0.3, -0.25) is 4.79 Å². The number of hydrogen-bond acceptors (Lipinski definition) is 4. The zero-order valence-corrected chi connectivity index (χ0v) is 15.7. The maximum Gasteiger partial charge on any atom is 0.254 e. The fourth-order valence-corrected chi connectivity index (χ4v) is 2.93. The second kappa shape index (κ2) is 8.94. The molecule has 0 fully saturated rings. The number of amides is 1. The Bertz CT molecular complexity index is 872. The van der Waals surface area contributed by atoms with E-state index in [1.165, 1.54) is 16.7 Å². The molecule has 0 aliphatic carbocycles. The molecule has 1 amide bonds. The first-order valence-electron chi connectivity index (χ1n) is 9.09. The highest BCUT2D eigenvalue weighted by Crippen LogP contribution is 2.17. The highest BCUT2D eigenvalue weighted by molar-refractivity contribution is 5.93. The summed E-state index contributed by atoms with van der Waals surface area (Å²) in [5, 5.41) is 6.08. The number of carbonyl (C=O) groups excluding carboxylic acids is 1. The Morgan fingerprint density at radius 3 is 2.30 bits per heavy atom. The Kier molecular flexibility index (Phi) is 6.15. The Balaban J connectivity index is 1.49. The van der Waals surface area contributed by atoms with Crippen molar-refractivity contribution in [1.82, 2.24) is 15.3 Å². The minimum Gasteiger partial charge on any atom is -0.352 e. The number of carbonyl (C=O) groups is 1. The van der Waals surface area contributed by atoms with Crippen LogP contribution in [-0.4, -0.2) is 22.4 Å². The van der Waals surface area contributed by atoms with Crippen LogP contribution in [0.3, 0.4) is 0 Å². The Hall–Kier alpha value is -3.21. The second-order valence-corrected chi connectivity index (χ2v) is 6.64. The molecule has 1 aromatic heterocycles. The van der Waals surface area contributed by atoms with Crippen molar-refractivity contribution in [2.24, 2.45) is 0 Å².